The molecule has 1 rings (SSSR count). The van der Waals surface area contributed by atoms with Crippen molar-refractivity contribution in [2.24, 2.45) is 0 Å². The van der Waals surface area contributed by atoms with Gasteiger partial charge >= 0.3 is 0 Å². The second-order valence-corrected chi connectivity index (χ2v) is 3.27. The molecule has 10 heavy (non-hydrogen) atoms. The zero-order valence-corrected chi connectivity index (χ0v) is 10.2. The molecule has 0 saturated heterocycles. The molecule has 1 aromatic carbocycles. The number of alkyl halides is 1. The second kappa shape index (κ2) is 6.38. The molecule has 0 aliphatic rings. The smallest absolute Gasteiger partial charge is 0.0186 e. The first-order valence-corrected chi connectivity index (χ1v) is 5.75. The van der Waals surface area contributed by atoms with Crippen LogP contribution < -0.4 is 0 Å². The predicted octanol–water partition coefficient (Wildman–Crippen LogP) is 4.22. The quantitative estimate of drug-likeness (QED) is 0.625. The molecule has 56 valence electrons. The van der Waals surface area contributed by atoms with E-state index < -0.39 is 0 Å². The third-order valence-corrected chi connectivity index (χ3v) is 1.77. The molecule has 0 radical (unpaired) electrons. The zero-order chi connectivity index (χ0) is 7.98. The molecule has 0 aliphatic heterocycles. The standard InChI is InChI=1S/C6H4Br2.CH3Br/c7-5-2-1-3-6(8)4-5;1-2/h1-4H;1H3. The van der Waals surface area contributed by atoms with Crippen LogP contribution in [-0.4, -0.2) is 5.83 Å². The summed E-state index contributed by atoms with van der Waals surface area (Å²) in [7, 11) is 0. The summed E-state index contributed by atoms with van der Waals surface area (Å²) < 4.78 is 2.21. The maximum Gasteiger partial charge on any atom is 0.0186 e. The SMILES string of the molecule is Brc1cccc(Br)c1.CBr. The molecule has 0 aliphatic carbocycles. The fourth-order valence-corrected chi connectivity index (χ4v) is 1.57. The minimum absolute atomic E-state index is 1.10. The van der Waals surface area contributed by atoms with E-state index in [4.69, 9.17) is 0 Å². The van der Waals surface area contributed by atoms with Crippen molar-refractivity contribution in [3.8, 4) is 0 Å². The summed E-state index contributed by atoms with van der Waals surface area (Å²) in [6.45, 7) is 0. The molecular formula is C7H7Br3. The van der Waals surface area contributed by atoms with Crippen LogP contribution in [0.1, 0.15) is 0 Å². The van der Waals surface area contributed by atoms with E-state index in [0.717, 1.165) is 8.95 Å². The van der Waals surface area contributed by atoms with Crippen molar-refractivity contribution < 1.29 is 0 Å². The number of hydrogen-bond donors (Lipinski definition) is 0. The van der Waals surface area contributed by atoms with Gasteiger partial charge < -0.3 is 0 Å². The van der Waals surface area contributed by atoms with Crippen LogP contribution in [-0.2, 0) is 0 Å². The summed E-state index contributed by atoms with van der Waals surface area (Å²) in [4.78, 5) is 0. The zero-order valence-electron chi connectivity index (χ0n) is 5.44. The molecule has 0 amide bonds. The Hall–Kier alpha value is 0.660. The average molecular weight is 331 g/mol. The molecule has 0 bridgehead atoms. The van der Waals surface area contributed by atoms with Crippen molar-refractivity contribution in [3.05, 3.63) is 33.2 Å². The van der Waals surface area contributed by atoms with Crippen LogP contribution in [0.3, 0.4) is 0 Å². The van der Waals surface area contributed by atoms with E-state index in [-0.39, 0.29) is 0 Å². The van der Waals surface area contributed by atoms with E-state index in [1.807, 2.05) is 30.1 Å². The Morgan fingerprint density at radius 2 is 1.40 bits per heavy atom. The van der Waals surface area contributed by atoms with Crippen molar-refractivity contribution in [2.45, 2.75) is 0 Å². The van der Waals surface area contributed by atoms with E-state index in [0.29, 0.717) is 0 Å². The molecule has 0 N–H and O–H groups in total. The number of halogens is 3. The Balaban J connectivity index is 0.000000371. The maximum atomic E-state index is 3.33. The van der Waals surface area contributed by atoms with Gasteiger partial charge in [-0.3, -0.25) is 0 Å². The molecule has 0 spiro atoms. The fourth-order valence-electron chi connectivity index (χ4n) is 0.460. The van der Waals surface area contributed by atoms with Crippen LogP contribution in [0, 0.1) is 0 Å². The van der Waals surface area contributed by atoms with Gasteiger partial charge in [0.05, 0.1) is 0 Å². The van der Waals surface area contributed by atoms with Gasteiger partial charge in [0.25, 0.3) is 0 Å². The first kappa shape index (κ1) is 10.7. The molecule has 1 aromatic rings. The van der Waals surface area contributed by atoms with Crippen molar-refractivity contribution in [1.82, 2.24) is 0 Å². The number of hydrogen-bond acceptors (Lipinski definition) is 0. The topological polar surface area (TPSA) is 0 Å². The monoisotopic (exact) mass is 328 g/mol. The number of rotatable bonds is 0. The summed E-state index contributed by atoms with van der Waals surface area (Å²) >= 11 is 9.60. The minimum atomic E-state index is 1.10. The highest BCUT2D eigenvalue weighted by atomic mass is 79.9. The Labute approximate surface area is 86.4 Å². The lowest BCUT2D eigenvalue weighted by atomic mass is 10.4. The van der Waals surface area contributed by atoms with Gasteiger partial charge in [-0.25, -0.2) is 0 Å². The summed E-state index contributed by atoms with van der Waals surface area (Å²) in [5.74, 6) is 1.81. The average Bonchev–Trinajstić information content (AvgIpc) is 1.91. The van der Waals surface area contributed by atoms with Gasteiger partial charge in [0.1, 0.15) is 0 Å². The molecule has 0 aromatic heterocycles. The van der Waals surface area contributed by atoms with Crippen molar-refractivity contribution in [1.29, 1.82) is 0 Å². The minimum Gasteiger partial charge on any atom is -0.0966 e. The Bertz CT molecular complexity index is 169. The lowest BCUT2D eigenvalue weighted by molar-refractivity contribution is 1.60. The normalized spacial score (nSPS) is 8.00. The highest BCUT2D eigenvalue weighted by Crippen LogP contribution is 2.15. The van der Waals surface area contributed by atoms with Gasteiger partial charge in [-0.15, -0.1) is 0 Å². The summed E-state index contributed by atoms with van der Waals surface area (Å²) in [5.41, 5.74) is 0. The van der Waals surface area contributed by atoms with Crippen LogP contribution in [0.5, 0.6) is 0 Å². The summed E-state index contributed by atoms with van der Waals surface area (Å²) in [6, 6.07) is 7.96. The molecule has 0 atom stereocenters. The first-order chi connectivity index (χ1) is 4.79. The van der Waals surface area contributed by atoms with Gasteiger partial charge in [0.2, 0.25) is 0 Å². The third kappa shape index (κ3) is 4.47. The molecule has 0 fully saturated rings. The second-order valence-electron chi connectivity index (χ2n) is 1.44. The Morgan fingerprint density at radius 3 is 1.60 bits per heavy atom. The van der Waals surface area contributed by atoms with E-state index >= 15 is 0 Å². The Morgan fingerprint density at radius 1 is 1.00 bits per heavy atom. The van der Waals surface area contributed by atoms with Gasteiger partial charge in [0.15, 0.2) is 0 Å². The number of benzene rings is 1. The van der Waals surface area contributed by atoms with Gasteiger partial charge in [-0.1, -0.05) is 53.9 Å². The third-order valence-electron chi connectivity index (χ3n) is 0.787. The van der Waals surface area contributed by atoms with Crippen molar-refractivity contribution in [2.75, 3.05) is 5.83 Å². The lowest BCUT2D eigenvalue weighted by Crippen LogP contribution is -1.61. The molecule has 0 unspecified atom stereocenters. The van der Waals surface area contributed by atoms with Crippen molar-refractivity contribution in [3.63, 3.8) is 0 Å². The summed E-state index contributed by atoms with van der Waals surface area (Å²) in [6.07, 6.45) is 0. The molecule has 0 heterocycles. The molecule has 0 nitrogen and oxygen atoms in total. The van der Waals surface area contributed by atoms with Gasteiger partial charge in [-0.2, -0.15) is 0 Å². The largest absolute Gasteiger partial charge is 0.0966 e. The first-order valence-electron chi connectivity index (χ1n) is 2.58. The lowest BCUT2D eigenvalue weighted by Gasteiger charge is -1.87. The Kier molecular flexibility index (Phi) is 6.80. The molecular weight excluding hydrogens is 324 g/mol. The van der Waals surface area contributed by atoms with Crippen LogP contribution >= 0.6 is 47.8 Å². The van der Waals surface area contributed by atoms with Crippen LogP contribution in [0.15, 0.2) is 33.2 Å². The maximum absolute atomic E-state index is 3.33. The van der Waals surface area contributed by atoms with E-state index in [1.165, 1.54) is 0 Å². The molecule has 0 saturated carbocycles. The predicted molar refractivity (Wildman–Crippen MR) is 56.7 cm³/mol. The van der Waals surface area contributed by atoms with E-state index in [9.17, 15) is 0 Å². The summed E-state index contributed by atoms with van der Waals surface area (Å²) in [5, 5.41) is 0. The highest BCUT2D eigenvalue weighted by Gasteiger charge is 1.84. The van der Waals surface area contributed by atoms with Crippen LogP contribution in [0.25, 0.3) is 0 Å². The van der Waals surface area contributed by atoms with Gasteiger partial charge in [-0.05, 0) is 24.0 Å². The van der Waals surface area contributed by atoms with Gasteiger partial charge in [0, 0.05) is 8.95 Å². The van der Waals surface area contributed by atoms with E-state index in [1.54, 1.807) is 0 Å². The van der Waals surface area contributed by atoms with Crippen LogP contribution in [0.2, 0.25) is 0 Å². The highest BCUT2D eigenvalue weighted by molar-refractivity contribution is 9.11. The fraction of sp³-hybridized carbons (Fsp3) is 0.143. The van der Waals surface area contributed by atoms with Crippen molar-refractivity contribution >= 4 is 47.8 Å². The van der Waals surface area contributed by atoms with E-state index in [2.05, 4.69) is 47.8 Å². The van der Waals surface area contributed by atoms with Crippen LogP contribution in [0.4, 0.5) is 0 Å². The molecule has 3 heteroatoms.